The first kappa shape index (κ1) is 19.5. The lowest BCUT2D eigenvalue weighted by Gasteiger charge is -2.41. The van der Waals surface area contributed by atoms with Crippen molar-refractivity contribution in [2.24, 2.45) is 0 Å². The summed E-state index contributed by atoms with van der Waals surface area (Å²) < 4.78 is 45.3. The quantitative estimate of drug-likeness (QED) is 0.470. The first-order valence-corrected chi connectivity index (χ1v) is 8.18. The molecule has 1 saturated heterocycles. The van der Waals surface area contributed by atoms with Gasteiger partial charge >= 0.3 is 6.18 Å². The number of methoxy groups -OCH3 is 1. The summed E-state index contributed by atoms with van der Waals surface area (Å²) in [7, 11) is 1.21. The topological polar surface area (TPSA) is 61.8 Å². The molecule has 0 aliphatic carbocycles. The number of halogens is 3. The van der Waals surface area contributed by atoms with Gasteiger partial charge in [-0.2, -0.15) is 13.2 Å². The molecule has 1 atom stereocenters. The molecular formula is C16H19F3N2O3S. The van der Waals surface area contributed by atoms with Gasteiger partial charge in [0.25, 0.3) is 5.91 Å². The number of hydrogen-bond donors (Lipinski definition) is 2. The Balaban J connectivity index is 2.45. The monoisotopic (exact) mass is 376 g/mol. The van der Waals surface area contributed by atoms with Gasteiger partial charge in [-0.05, 0) is 30.5 Å². The fourth-order valence-corrected chi connectivity index (χ4v) is 3.20. The van der Waals surface area contributed by atoms with Gasteiger partial charge < -0.3 is 9.64 Å². The van der Waals surface area contributed by atoms with Crippen LogP contribution in [-0.2, 0) is 17.4 Å². The Bertz CT molecular complexity index is 679. The van der Waals surface area contributed by atoms with Crippen LogP contribution in [0.4, 0.5) is 13.2 Å². The maximum atomic E-state index is 13.4. The molecule has 1 aromatic carbocycles. The molecule has 1 aliphatic rings. The van der Waals surface area contributed by atoms with Gasteiger partial charge in [0.2, 0.25) is 0 Å². The summed E-state index contributed by atoms with van der Waals surface area (Å²) in [5.41, 5.74) is 1.29. The number of ether oxygens (including phenoxy) is 1. The predicted molar refractivity (Wildman–Crippen MR) is 88.7 cm³/mol. The van der Waals surface area contributed by atoms with Crippen molar-refractivity contribution in [3.8, 4) is 5.75 Å². The minimum Gasteiger partial charge on any atom is -0.496 e. The van der Waals surface area contributed by atoms with Crippen LogP contribution in [0, 0.1) is 0 Å². The number of benzene rings is 1. The van der Waals surface area contributed by atoms with Crippen LogP contribution >= 0.6 is 12.2 Å². The molecule has 0 saturated carbocycles. The van der Waals surface area contributed by atoms with Crippen LogP contribution in [0.3, 0.4) is 0 Å². The Morgan fingerprint density at radius 1 is 1.48 bits per heavy atom. The number of likely N-dealkylation sites (tertiary alicyclic amines) is 1. The van der Waals surface area contributed by atoms with E-state index in [-0.39, 0.29) is 16.3 Å². The Labute approximate surface area is 148 Å². The van der Waals surface area contributed by atoms with Gasteiger partial charge in [-0.1, -0.05) is 25.6 Å². The molecule has 9 heteroatoms. The third-order valence-corrected chi connectivity index (χ3v) is 4.61. The van der Waals surface area contributed by atoms with Crippen molar-refractivity contribution in [2.75, 3.05) is 13.7 Å². The van der Waals surface area contributed by atoms with E-state index in [2.05, 4.69) is 0 Å². The van der Waals surface area contributed by atoms with Gasteiger partial charge in [0, 0.05) is 12.1 Å². The van der Waals surface area contributed by atoms with Crippen molar-refractivity contribution in [1.82, 2.24) is 10.4 Å². The molecule has 1 heterocycles. The van der Waals surface area contributed by atoms with Crippen molar-refractivity contribution in [3.63, 3.8) is 0 Å². The second-order valence-electron chi connectivity index (χ2n) is 5.74. The maximum Gasteiger partial charge on any atom is 0.419 e. The third-order valence-electron chi connectivity index (χ3n) is 4.14. The van der Waals surface area contributed by atoms with Crippen LogP contribution in [0.1, 0.15) is 36.5 Å². The molecule has 2 rings (SSSR count). The molecule has 5 nitrogen and oxygen atoms in total. The number of alkyl halides is 3. The standard InChI is InChI=1S/C16H19F3N2O3S/c1-3-4-9-7-10(8-11(13(9)24-2)16(17,18)19)15(25)21-6-5-12(21)14(22)20-23/h7-8,12,23H,3-6H2,1-2H3,(H,20,22)/t12-/m1/s1. The van der Waals surface area contributed by atoms with Crippen molar-refractivity contribution >= 4 is 23.1 Å². The van der Waals surface area contributed by atoms with Crippen LogP contribution in [0.5, 0.6) is 5.75 Å². The third kappa shape index (κ3) is 3.87. The number of carbonyl (C=O) groups is 1. The number of hydrogen-bond acceptors (Lipinski definition) is 4. The van der Waals surface area contributed by atoms with Crippen molar-refractivity contribution in [3.05, 3.63) is 28.8 Å². The Kier molecular flexibility index (Phi) is 5.89. The number of rotatable bonds is 5. The van der Waals surface area contributed by atoms with Gasteiger partial charge in [0.15, 0.2) is 0 Å². The van der Waals surface area contributed by atoms with Crippen molar-refractivity contribution in [2.45, 2.75) is 38.4 Å². The van der Waals surface area contributed by atoms with Crippen molar-refractivity contribution in [1.29, 1.82) is 0 Å². The maximum absolute atomic E-state index is 13.4. The van der Waals surface area contributed by atoms with Crippen LogP contribution in [0.15, 0.2) is 12.1 Å². The first-order valence-electron chi connectivity index (χ1n) is 7.77. The fourth-order valence-electron chi connectivity index (χ4n) is 2.86. The molecule has 1 amide bonds. The zero-order valence-electron chi connectivity index (χ0n) is 13.8. The second kappa shape index (κ2) is 7.57. The summed E-state index contributed by atoms with van der Waals surface area (Å²) in [5, 5.41) is 8.74. The average Bonchev–Trinajstić information content (AvgIpc) is 2.52. The van der Waals surface area contributed by atoms with Crippen LogP contribution < -0.4 is 10.2 Å². The molecule has 0 bridgehead atoms. The summed E-state index contributed by atoms with van der Waals surface area (Å²) in [6, 6.07) is 1.85. The molecule has 0 spiro atoms. The lowest BCUT2D eigenvalue weighted by molar-refractivity contribution is -0.139. The molecule has 0 unspecified atom stereocenters. The van der Waals surface area contributed by atoms with E-state index in [4.69, 9.17) is 22.2 Å². The Morgan fingerprint density at radius 2 is 2.16 bits per heavy atom. The Morgan fingerprint density at radius 3 is 2.60 bits per heavy atom. The first-order chi connectivity index (χ1) is 11.7. The SMILES string of the molecule is CCCc1cc(C(=S)N2CC[C@@H]2C(=O)NO)cc(C(F)(F)F)c1OC. The molecule has 0 radical (unpaired) electrons. The number of amides is 1. The number of nitrogens with zero attached hydrogens (tertiary/aromatic N) is 1. The zero-order valence-corrected chi connectivity index (χ0v) is 14.6. The van der Waals surface area contributed by atoms with E-state index >= 15 is 0 Å². The largest absolute Gasteiger partial charge is 0.496 e. The highest BCUT2D eigenvalue weighted by molar-refractivity contribution is 7.80. The number of thiocarbonyl (C=S) groups is 1. The van der Waals surface area contributed by atoms with E-state index in [0.29, 0.717) is 31.4 Å². The summed E-state index contributed by atoms with van der Waals surface area (Å²) in [4.78, 5) is 13.2. The lowest BCUT2D eigenvalue weighted by atomic mass is 9.97. The summed E-state index contributed by atoms with van der Waals surface area (Å²) in [5.74, 6) is -0.832. The number of nitrogens with one attached hydrogen (secondary N) is 1. The normalized spacial score (nSPS) is 17.0. The molecule has 1 aromatic rings. The van der Waals surface area contributed by atoms with Gasteiger partial charge in [0.05, 0.1) is 12.7 Å². The molecule has 1 aliphatic heterocycles. The van der Waals surface area contributed by atoms with Crippen LogP contribution in [-0.4, -0.2) is 40.7 Å². The minimum absolute atomic E-state index is 0.144. The van der Waals surface area contributed by atoms with Gasteiger partial charge in [-0.25, -0.2) is 5.48 Å². The molecule has 138 valence electrons. The lowest BCUT2D eigenvalue weighted by Crippen LogP contribution is -2.57. The average molecular weight is 376 g/mol. The summed E-state index contributed by atoms with van der Waals surface area (Å²) >= 11 is 5.30. The van der Waals surface area contributed by atoms with Crippen LogP contribution in [0.2, 0.25) is 0 Å². The Hall–Kier alpha value is -1.87. The molecule has 1 fully saturated rings. The van der Waals surface area contributed by atoms with Gasteiger partial charge in [-0.3, -0.25) is 10.0 Å². The summed E-state index contributed by atoms with van der Waals surface area (Å²) in [6.07, 6.45) is -3.07. The van der Waals surface area contributed by atoms with E-state index < -0.39 is 23.7 Å². The highest BCUT2D eigenvalue weighted by Gasteiger charge is 2.39. The second-order valence-corrected chi connectivity index (χ2v) is 6.13. The van der Waals surface area contributed by atoms with E-state index in [9.17, 15) is 18.0 Å². The van der Waals surface area contributed by atoms with E-state index in [1.807, 2.05) is 6.92 Å². The predicted octanol–water partition coefficient (Wildman–Crippen LogP) is 2.92. The van der Waals surface area contributed by atoms with E-state index in [1.54, 1.807) is 11.5 Å². The molecule has 25 heavy (non-hydrogen) atoms. The zero-order chi connectivity index (χ0) is 18.8. The number of hydroxylamine groups is 1. The van der Waals surface area contributed by atoms with Gasteiger partial charge in [-0.15, -0.1) is 0 Å². The van der Waals surface area contributed by atoms with Crippen molar-refractivity contribution < 1.29 is 27.9 Å². The number of aryl methyl sites for hydroxylation is 1. The van der Waals surface area contributed by atoms with Gasteiger partial charge in [0.1, 0.15) is 16.8 Å². The molecule has 2 N–H and O–H groups in total. The molecule has 0 aromatic heterocycles. The fraction of sp³-hybridized carbons (Fsp3) is 0.500. The highest BCUT2D eigenvalue weighted by Crippen LogP contribution is 2.40. The summed E-state index contributed by atoms with van der Waals surface area (Å²) in [6.45, 7) is 2.29. The number of carbonyl (C=O) groups excluding carboxylic acids is 1. The highest BCUT2D eigenvalue weighted by atomic mass is 32.1. The van der Waals surface area contributed by atoms with E-state index in [0.717, 1.165) is 6.07 Å². The minimum atomic E-state index is -4.59. The van der Waals surface area contributed by atoms with Crippen LogP contribution in [0.25, 0.3) is 0 Å². The smallest absolute Gasteiger partial charge is 0.419 e. The molecular weight excluding hydrogens is 357 g/mol. The van der Waals surface area contributed by atoms with E-state index in [1.165, 1.54) is 12.0 Å².